The summed E-state index contributed by atoms with van der Waals surface area (Å²) in [7, 11) is 0. The van der Waals surface area contributed by atoms with Crippen molar-refractivity contribution in [1.29, 1.82) is 0 Å². The van der Waals surface area contributed by atoms with E-state index in [9.17, 15) is 4.79 Å². The van der Waals surface area contributed by atoms with Gasteiger partial charge in [-0.05, 0) is 31.7 Å². The summed E-state index contributed by atoms with van der Waals surface area (Å²) in [4.78, 5) is 13.9. The monoisotopic (exact) mass is 232 g/mol. The molecule has 3 nitrogen and oxygen atoms in total. The van der Waals surface area contributed by atoms with Crippen LogP contribution in [0.25, 0.3) is 0 Å². The van der Waals surface area contributed by atoms with Crippen molar-refractivity contribution >= 4 is 5.91 Å². The molecule has 1 unspecified atom stereocenters. The van der Waals surface area contributed by atoms with Crippen LogP contribution in [0.3, 0.4) is 0 Å². The zero-order chi connectivity index (χ0) is 12.3. The third-order valence-corrected chi connectivity index (χ3v) is 3.36. The van der Waals surface area contributed by atoms with Crippen LogP contribution in [0.5, 0.6) is 0 Å². The second-order valence-electron chi connectivity index (χ2n) is 4.81. The number of carbonyl (C=O) groups excluding carboxylic acids is 1. The highest BCUT2D eigenvalue weighted by Gasteiger charge is 2.29. The molecule has 17 heavy (non-hydrogen) atoms. The maximum atomic E-state index is 11.9. The molecule has 0 spiro atoms. The number of carbonyl (C=O) groups is 1. The van der Waals surface area contributed by atoms with Crippen LogP contribution in [0.2, 0.25) is 0 Å². The molecule has 0 aliphatic carbocycles. The maximum Gasteiger partial charge on any atom is 0.239 e. The number of nitrogens with zero attached hydrogens (tertiary/aromatic N) is 1. The standard InChI is InChI=1S/C14H20N2O/c1-11(15)14(17)16-9-5-8-13(16)10-12-6-3-2-4-7-12/h2-4,6-7,11,13H,5,8-10,15H2,1H3/t11-,13?/m0/s1. The molecule has 0 radical (unpaired) electrons. The molecule has 2 rings (SSSR count). The Morgan fingerprint density at radius 2 is 2.18 bits per heavy atom. The van der Waals surface area contributed by atoms with Gasteiger partial charge in [0.05, 0.1) is 6.04 Å². The lowest BCUT2D eigenvalue weighted by molar-refractivity contribution is -0.132. The molecule has 1 aliphatic heterocycles. The van der Waals surface area contributed by atoms with Gasteiger partial charge in [0.2, 0.25) is 5.91 Å². The summed E-state index contributed by atoms with van der Waals surface area (Å²) in [6.07, 6.45) is 3.13. The van der Waals surface area contributed by atoms with Crippen LogP contribution in [0, 0.1) is 0 Å². The van der Waals surface area contributed by atoms with E-state index in [1.807, 2.05) is 23.1 Å². The van der Waals surface area contributed by atoms with Gasteiger partial charge in [0.15, 0.2) is 0 Å². The van der Waals surface area contributed by atoms with E-state index in [2.05, 4.69) is 12.1 Å². The van der Waals surface area contributed by atoms with Crippen molar-refractivity contribution in [3.8, 4) is 0 Å². The van der Waals surface area contributed by atoms with E-state index in [1.165, 1.54) is 5.56 Å². The van der Waals surface area contributed by atoms with Crippen molar-refractivity contribution in [2.24, 2.45) is 5.73 Å². The second kappa shape index (κ2) is 5.32. The summed E-state index contributed by atoms with van der Waals surface area (Å²) < 4.78 is 0. The molecule has 1 heterocycles. The van der Waals surface area contributed by atoms with Crippen molar-refractivity contribution in [3.63, 3.8) is 0 Å². The van der Waals surface area contributed by atoms with Gasteiger partial charge in [-0.25, -0.2) is 0 Å². The SMILES string of the molecule is C[C@H](N)C(=O)N1CCCC1Cc1ccccc1. The molecule has 92 valence electrons. The molecular formula is C14H20N2O. The van der Waals surface area contributed by atoms with E-state index < -0.39 is 0 Å². The van der Waals surface area contributed by atoms with Gasteiger partial charge in [-0.3, -0.25) is 4.79 Å². The molecule has 2 N–H and O–H groups in total. The van der Waals surface area contributed by atoms with Crippen molar-refractivity contribution in [1.82, 2.24) is 4.90 Å². The van der Waals surface area contributed by atoms with Gasteiger partial charge in [0.25, 0.3) is 0 Å². The van der Waals surface area contributed by atoms with Gasteiger partial charge in [-0.1, -0.05) is 30.3 Å². The van der Waals surface area contributed by atoms with Gasteiger partial charge in [-0.2, -0.15) is 0 Å². The fourth-order valence-corrected chi connectivity index (χ4v) is 2.49. The van der Waals surface area contributed by atoms with Gasteiger partial charge in [0, 0.05) is 12.6 Å². The number of benzene rings is 1. The predicted molar refractivity (Wildman–Crippen MR) is 68.5 cm³/mol. The normalized spacial score (nSPS) is 21.5. The number of nitrogens with two attached hydrogens (primary N) is 1. The Morgan fingerprint density at radius 3 is 2.82 bits per heavy atom. The minimum atomic E-state index is -0.383. The third-order valence-electron chi connectivity index (χ3n) is 3.36. The Hall–Kier alpha value is -1.35. The van der Waals surface area contributed by atoms with E-state index in [-0.39, 0.29) is 11.9 Å². The molecule has 1 aromatic rings. The molecule has 2 atom stereocenters. The number of hydrogen-bond donors (Lipinski definition) is 1. The number of hydrogen-bond acceptors (Lipinski definition) is 2. The van der Waals surface area contributed by atoms with E-state index in [1.54, 1.807) is 6.92 Å². The van der Waals surface area contributed by atoms with Crippen molar-refractivity contribution in [3.05, 3.63) is 35.9 Å². The smallest absolute Gasteiger partial charge is 0.239 e. The molecule has 1 amide bonds. The average molecular weight is 232 g/mol. The van der Waals surface area contributed by atoms with Crippen molar-refractivity contribution < 1.29 is 4.79 Å². The van der Waals surface area contributed by atoms with Crippen LogP contribution in [-0.4, -0.2) is 29.4 Å². The van der Waals surface area contributed by atoms with Crippen molar-refractivity contribution in [2.75, 3.05) is 6.54 Å². The first kappa shape index (κ1) is 12.1. The van der Waals surface area contributed by atoms with Gasteiger partial charge in [0.1, 0.15) is 0 Å². The third kappa shape index (κ3) is 2.86. The predicted octanol–water partition coefficient (Wildman–Crippen LogP) is 1.57. The summed E-state index contributed by atoms with van der Waals surface area (Å²) in [6, 6.07) is 10.3. The topological polar surface area (TPSA) is 46.3 Å². The summed E-state index contributed by atoms with van der Waals surface area (Å²) in [5.41, 5.74) is 6.97. The highest BCUT2D eigenvalue weighted by atomic mass is 16.2. The van der Waals surface area contributed by atoms with Crippen LogP contribution in [0.15, 0.2) is 30.3 Å². The molecule has 3 heteroatoms. The Balaban J connectivity index is 2.03. The Labute approximate surface area is 103 Å². The summed E-state index contributed by atoms with van der Waals surface area (Å²) in [5.74, 6) is 0.0865. The fraction of sp³-hybridized carbons (Fsp3) is 0.500. The number of likely N-dealkylation sites (tertiary alicyclic amines) is 1. The van der Waals surface area contributed by atoms with Gasteiger partial charge >= 0.3 is 0 Å². The largest absolute Gasteiger partial charge is 0.338 e. The van der Waals surface area contributed by atoms with E-state index in [0.717, 1.165) is 25.8 Å². The second-order valence-corrected chi connectivity index (χ2v) is 4.81. The number of amides is 1. The highest BCUT2D eigenvalue weighted by Crippen LogP contribution is 2.21. The lowest BCUT2D eigenvalue weighted by atomic mass is 10.0. The minimum absolute atomic E-state index is 0.0865. The zero-order valence-corrected chi connectivity index (χ0v) is 10.3. The van der Waals surface area contributed by atoms with Gasteiger partial charge < -0.3 is 10.6 Å². The molecule has 1 aromatic carbocycles. The lowest BCUT2D eigenvalue weighted by Crippen LogP contribution is -2.45. The molecular weight excluding hydrogens is 212 g/mol. The molecule has 0 bridgehead atoms. The fourth-order valence-electron chi connectivity index (χ4n) is 2.49. The molecule has 1 aliphatic rings. The van der Waals surface area contributed by atoms with Crippen LogP contribution in [0.4, 0.5) is 0 Å². The first-order valence-electron chi connectivity index (χ1n) is 6.28. The van der Waals surface area contributed by atoms with E-state index in [0.29, 0.717) is 6.04 Å². The first-order valence-corrected chi connectivity index (χ1v) is 6.28. The van der Waals surface area contributed by atoms with E-state index in [4.69, 9.17) is 5.73 Å². The van der Waals surface area contributed by atoms with Crippen molar-refractivity contribution in [2.45, 2.75) is 38.3 Å². The lowest BCUT2D eigenvalue weighted by Gasteiger charge is -2.26. The van der Waals surface area contributed by atoms with Crippen LogP contribution < -0.4 is 5.73 Å². The Kier molecular flexibility index (Phi) is 3.79. The molecule has 0 aromatic heterocycles. The molecule has 1 fully saturated rings. The summed E-state index contributed by atoms with van der Waals surface area (Å²) in [6.45, 7) is 2.62. The molecule has 1 saturated heterocycles. The van der Waals surface area contributed by atoms with Crippen LogP contribution >= 0.6 is 0 Å². The minimum Gasteiger partial charge on any atom is -0.338 e. The Morgan fingerprint density at radius 1 is 1.47 bits per heavy atom. The first-order chi connectivity index (χ1) is 8.18. The van der Waals surface area contributed by atoms with Crippen LogP contribution in [-0.2, 0) is 11.2 Å². The molecule has 0 saturated carbocycles. The Bertz CT molecular complexity index is 375. The maximum absolute atomic E-state index is 11.9. The summed E-state index contributed by atoms with van der Waals surface area (Å²) >= 11 is 0. The summed E-state index contributed by atoms with van der Waals surface area (Å²) in [5, 5.41) is 0. The average Bonchev–Trinajstić information content (AvgIpc) is 2.77. The quantitative estimate of drug-likeness (QED) is 0.859. The van der Waals surface area contributed by atoms with E-state index >= 15 is 0 Å². The number of rotatable bonds is 3. The van der Waals surface area contributed by atoms with Gasteiger partial charge in [-0.15, -0.1) is 0 Å². The highest BCUT2D eigenvalue weighted by molar-refractivity contribution is 5.81. The zero-order valence-electron chi connectivity index (χ0n) is 10.3. The van der Waals surface area contributed by atoms with Crippen LogP contribution in [0.1, 0.15) is 25.3 Å².